The van der Waals surface area contributed by atoms with Crippen molar-refractivity contribution in [3.63, 3.8) is 0 Å². The van der Waals surface area contributed by atoms with Crippen molar-refractivity contribution in [3.05, 3.63) is 12.4 Å². The summed E-state index contributed by atoms with van der Waals surface area (Å²) in [5.74, 6) is 0.719. The smallest absolute Gasteiger partial charge is 0.444 e. The van der Waals surface area contributed by atoms with Gasteiger partial charge in [0.2, 0.25) is 5.91 Å². The lowest BCUT2D eigenvalue weighted by Crippen LogP contribution is -2.53. The summed E-state index contributed by atoms with van der Waals surface area (Å²) in [6, 6.07) is -0.510. The number of rotatable bonds is 7. The number of carbonyl (C=O) groups is 2. The largest absolute Gasteiger partial charge is 0.498 e. The highest BCUT2D eigenvalue weighted by Crippen LogP contribution is 2.36. The minimum Gasteiger partial charge on any atom is -0.444 e. The van der Waals surface area contributed by atoms with E-state index in [4.69, 9.17) is 14.0 Å². The molecular weight excluding hydrogens is 479 g/mol. The van der Waals surface area contributed by atoms with Gasteiger partial charge in [-0.15, -0.1) is 0 Å². The number of alkyl carbamates (subject to hydrolysis) is 1. The van der Waals surface area contributed by atoms with Gasteiger partial charge in [0.05, 0.1) is 11.2 Å². The number of piperidine rings is 1. The quantitative estimate of drug-likeness (QED) is 0.331. The number of carbonyl (C=O) groups excluding carboxylic acids is 2. The fourth-order valence-corrected chi connectivity index (χ4v) is 5.00. The Hall–Kier alpha value is -1.85. The second kappa shape index (κ2) is 11.3. The molecule has 0 radical (unpaired) electrons. The van der Waals surface area contributed by atoms with Gasteiger partial charge in [-0.1, -0.05) is 11.8 Å². The van der Waals surface area contributed by atoms with Crippen LogP contribution in [0.5, 0.6) is 0 Å². The van der Waals surface area contributed by atoms with Crippen molar-refractivity contribution < 1.29 is 23.6 Å². The summed E-state index contributed by atoms with van der Waals surface area (Å²) in [4.78, 5) is 36.1. The first-order valence-corrected chi connectivity index (χ1v) is 13.8. The number of likely N-dealkylation sites (tertiary alicyclic amines) is 1. The molecule has 2 saturated heterocycles. The van der Waals surface area contributed by atoms with E-state index in [0.717, 1.165) is 36.9 Å². The number of nitrogens with zero attached hydrogens (tertiary/aromatic N) is 3. The normalized spacial score (nSPS) is 22.3. The second-order valence-corrected chi connectivity index (χ2v) is 12.6. The molecule has 0 bridgehead atoms. The number of nitrogens with one attached hydrogen (secondary N) is 1. The summed E-state index contributed by atoms with van der Waals surface area (Å²) < 4.78 is 17.4. The first-order valence-electron chi connectivity index (χ1n) is 12.8. The van der Waals surface area contributed by atoms with E-state index in [1.54, 1.807) is 51.9 Å². The molecule has 0 spiro atoms. The molecule has 1 aromatic heterocycles. The van der Waals surface area contributed by atoms with Gasteiger partial charge in [-0.3, -0.25) is 4.79 Å². The molecule has 0 saturated carbocycles. The van der Waals surface area contributed by atoms with Gasteiger partial charge in [0.15, 0.2) is 5.16 Å². The monoisotopic (exact) mass is 520 g/mol. The van der Waals surface area contributed by atoms with Crippen molar-refractivity contribution in [1.29, 1.82) is 0 Å². The maximum Gasteiger partial charge on any atom is 0.498 e. The summed E-state index contributed by atoms with van der Waals surface area (Å²) in [7, 11) is -0.480. The Labute approximate surface area is 220 Å². The van der Waals surface area contributed by atoms with Gasteiger partial charge in [-0.2, -0.15) is 0 Å². The Bertz CT molecular complexity index is 906. The van der Waals surface area contributed by atoms with E-state index >= 15 is 0 Å². The molecular formula is C25H41BN4O5S. The maximum atomic E-state index is 13.1. The Morgan fingerprint density at radius 2 is 1.81 bits per heavy atom. The highest BCUT2D eigenvalue weighted by atomic mass is 32.2. The molecule has 1 aromatic rings. The zero-order valence-electron chi connectivity index (χ0n) is 22.9. The van der Waals surface area contributed by atoms with Crippen molar-refractivity contribution in [2.45, 2.75) is 115 Å². The number of amides is 2. The first kappa shape index (κ1) is 28.7. The van der Waals surface area contributed by atoms with Gasteiger partial charge in [0.1, 0.15) is 11.6 Å². The van der Waals surface area contributed by atoms with Crippen LogP contribution in [0.1, 0.15) is 81.1 Å². The predicted octanol–water partition coefficient (Wildman–Crippen LogP) is 3.55. The SMILES string of the molecule is C[C@H](NC(=O)OC(C)(C)C)C(=O)N1CCCC[C@@H]1CCSc1ncc(B2OC(C)(C)C(C)(C)O2)cn1. The number of ether oxygens (including phenoxy) is 1. The molecule has 3 rings (SSSR count). The van der Waals surface area contributed by atoms with E-state index in [-0.39, 0.29) is 11.9 Å². The predicted molar refractivity (Wildman–Crippen MR) is 141 cm³/mol. The Balaban J connectivity index is 1.50. The van der Waals surface area contributed by atoms with E-state index < -0.39 is 36.1 Å². The molecule has 200 valence electrons. The molecule has 0 unspecified atom stereocenters. The molecule has 1 N–H and O–H groups in total. The Morgan fingerprint density at radius 3 is 2.39 bits per heavy atom. The second-order valence-electron chi connectivity index (χ2n) is 11.6. The number of hydrogen-bond donors (Lipinski definition) is 1. The third-order valence-electron chi connectivity index (χ3n) is 6.87. The van der Waals surface area contributed by atoms with Crippen LogP contribution in [-0.2, 0) is 18.8 Å². The van der Waals surface area contributed by atoms with Crippen LogP contribution in [-0.4, -0.2) is 75.2 Å². The van der Waals surface area contributed by atoms with Crippen molar-refractivity contribution in [1.82, 2.24) is 20.2 Å². The average Bonchev–Trinajstić information content (AvgIpc) is 2.99. The van der Waals surface area contributed by atoms with Crippen LogP contribution in [0, 0.1) is 0 Å². The molecule has 36 heavy (non-hydrogen) atoms. The van der Waals surface area contributed by atoms with E-state index in [0.29, 0.717) is 11.7 Å². The summed E-state index contributed by atoms with van der Waals surface area (Å²) >= 11 is 1.57. The van der Waals surface area contributed by atoms with Crippen LogP contribution in [0.4, 0.5) is 4.79 Å². The molecule has 2 fully saturated rings. The summed E-state index contributed by atoms with van der Waals surface area (Å²) in [6.07, 6.45) is 6.79. The van der Waals surface area contributed by atoms with Crippen LogP contribution in [0.25, 0.3) is 0 Å². The lowest BCUT2D eigenvalue weighted by molar-refractivity contribution is -0.136. The van der Waals surface area contributed by atoms with Gasteiger partial charge in [0.25, 0.3) is 0 Å². The highest BCUT2D eigenvalue weighted by molar-refractivity contribution is 7.99. The summed E-state index contributed by atoms with van der Waals surface area (Å²) in [5.41, 5.74) is -0.626. The Morgan fingerprint density at radius 1 is 1.19 bits per heavy atom. The molecule has 0 aromatic carbocycles. The third kappa shape index (κ3) is 7.35. The lowest BCUT2D eigenvalue weighted by atomic mass is 9.81. The Kier molecular flexibility index (Phi) is 8.99. The summed E-state index contributed by atoms with van der Waals surface area (Å²) in [6.45, 7) is 15.9. The van der Waals surface area contributed by atoms with Gasteiger partial charge >= 0.3 is 13.2 Å². The average molecular weight is 521 g/mol. The molecule has 2 amide bonds. The van der Waals surface area contributed by atoms with Gasteiger partial charge in [0, 0.05) is 36.2 Å². The fourth-order valence-electron chi connectivity index (χ4n) is 4.17. The van der Waals surface area contributed by atoms with E-state index in [2.05, 4.69) is 15.3 Å². The minimum atomic E-state index is -0.640. The molecule has 11 heteroatoms. The fraction of sp³-hybridized carbons (Fsp3) is 0.760. The molecule has 0 aliphatic carbocycles. The van der Waals surface area contributed by atoms with Crippen LogP contribution < -0.4 is 10.8 Å². The summed E-state index contributed by atoms with van der Waals surface area (Å²) in [5, 5.41) is 3.36. The maximum absolute atomic E-state index is 13.1. The van der Waals surface area contributed by atoms with Crippen LogP contribution in [0.3, 0.4) is 0 Å². The highest BCUT2D eigenvalue weighted by Gasteiger charge is 2.52. The molecule has 3 heterocycles. The molecule has 2 aliphatic rings. The van der Waals surface area contributed by atoms with Crippen molar-refractivity contribution in [2.24, 2.45) is 0 Å². The zero-order chi connectivity index (χ0) is 26.7. The molecule has 2 aliphatic heterocycles. The van der Waals surface area contributed by atoms with E-state index in [1.165, 1.54) is 0 Å². The standard InChI is InChI=1S/C25H41BN4O5S/c1-17(29-22(32)33-23(2,3)4)20(31)30-13-10-9-11-19(30)12-14-36-21-27-15-18(16-28-21)26-34-24(5,6)25(7,8)35-26/h15-17,19H,9-14H2,1-8H3,(H,29,32)/t17-,19+/m0/s1. The van der Waals surface area contributed by atoms with Crippen LogP contribution in [0.2, 0.25) is 0 Å². The van der Waals surface area contributed by atoms with Gasteiger partial charge in [-0.25, -0.2) is 14.8 Å². The van der Waals surface area contributed by atoms with Crippen LogP contribution >= 0.6 is 11.8 Å². The number of aromatic nitrogens is 2. The first-order chi connectivity index (χ1) is 16.7. The van der Waals surface area contributed by atoms with Crippen molar-refractivity contribution in [2.75, 3.05) is 12.3 Å². The van der Waals surface area contributed by atoms with Crippen LogP contribution in [0.15, 0.2) is 17.6 Å². The molecule has 2 atom stereocenters. The van der Waals surface area contributed by atoms with E-state index in [1.807, 2.05) is 32.6 Å². The van der Waals surface area contributed by atoms with Gasteiger partial charge in [-0.05, 0) is 81.1 Å². The number of thioether (sulfide) groups is 1. The zero-order valence-corrected chi connectivity index (χ0v) is 23.7. The molecule has 9 nitrogen and oxygen atoms in total. The third-order valence-corrected chi connectivity index (χ3v) is 7.78. The van der Waals surface area contributed by atoms with Gasteiger partial charge < -0.3 is 24.3 Å². The number of hydrogen-bond acceptors (Lipinski definition) is 8. The van der Waals surface area contributed by atoms with Crippen molar-refractivity contribution in [3.8, 4) is 0 Å². The lowest BCUT2D eigenvalue weighted by Gasteiger charge is -2.37. The topological polar surface area (TPSA) is 103 Å². The minimum absolute atomic E-state index is 0.0708. The van der Waals surface area contributed by atoms with Crippen molar-refractivity contribution >= 4 is 36.3 Å². The van der Waals surface area contributed by atoms with E-state index in [9.17, 15) is 9.59 Å².